The molecule has 256 valence electrons. The molecule has 0 spiro atoms. The van der Waals surface area contributed by atoms with Gasteiger partial charge in [-0.1, -0.05) is 133 Å². The van der Waals surface area contributed by atoms with Gasteiger partial charge < -0.3 is 0 Å². The van der Waals surface area contributed by atoms with Gasteiger partial charge in [0, 0.05) is 39.9 Å². The van der Waals surface area contributed by atoms with E-state index in [-0.39, 0.29) is 0 Å². The summed E-state index contributed by atoms with van der Waals surface area (Å²) >= 11 is 0. The second-order valence-corrected chi connectivity index (χ2v) is 14.0. The van der Waals surface area contributed by atoms with E-state index in [4.69, 9.17) is 9.97 Å². The summed E-state index contributed by atoms with van der Waals surface area (Å²) in [6.07, 6.45) is 3.78. The molecule has 11 aromatic rings. The van der Waals surface area contributed by atoms with Crippen molar-refractivity contribution in [1.29, 1.82) is 0 Å². The smallest absolute Gasteiger partial charge is 0.138 e. The fourth-order valence-electron chi connectivity index (χ4n) is 8.40. The summed E-state index contributed by atoms with van der Waals surface area (Å²) < 4.78 is 2.23. The van der Waals surface area contributed by atoms with Crippen LogP contribution in [0.15, 0.2) is 194 Å². The highest BCUT2D eigenvalue weighted by Crippen LogP contribution is 2.44. The van der Waals surface area contributed by atoms with Crippen molar-refractivity contribution in [2.45, 2.75) is 0 Å². The van der Waals surface area contributed by atoms with E-state index >= 15 is 0 Å². The summed E-state index contributed by atoms with van der Waals surface area (Å²) in [5.41, 5.74) is 10.6. The van der Waals surface area contributed by atoms with Gasteiger partial charge in [0.05, 0.1) is 28.1 Å². The molecule has 0 bridgehead atoms. The van der Waals surface area contributed by atoms with Crippen molar-refractivity contribution in [3.05, 3.63) is 194 Å². The number of aromatic nitrogens is 4. The largest absolute Gasteiger partial charge is 0.294 e. The lowest BCUT2D eigenvalue weighted by atomic mass is 9.86. The molecule has 11 rings (SSSR count). The van der Waals surface area contributed by atoms with E-state index in [1.165, 1.54) is 43.4 Å². The SMILES string of the molecule is c1cc(-c2cccc(-c3c4ccccc4c(-c4ccc5ccccc5c4)c4ccccc34)n2)cc(-c2cccc(-n3c4ccccc4c4cnccc43)n2)c1. The Morgan fingerprint density at radius 3 is 1.69 bits per heavy atom. The van der Waals surface area contributed by atoms with Gasteiger partial charge in [-0.25, -0.2) is 9.97 Å². The Morgan fingerprint density at radius 1 is 0.345 bits per heavy atom. The lowest BCUT2D eigenvalue weighted by Crippen LogP contribution is -1.98. The molecule has 0 N–H and O–H groups in total. The van der Waals surface area contributed by atoms with E-state index in [2.05, 4.69) is 192 Å². The molecule has 0 radical (unpaired) electrons. The summed E-state index contributed by atoms with van der Waals surface area (Å²) in [6, 6.07) is 64.6. The van der Waals surface area contributed by atoms with E-state index in [1.54, 1.807) is 0 Å². The molecule has 55 heavy (non-hydrogen) atoms. The second kappa shape index (κ2) is 12.6. The van der Waals surface area contributed by atoms with Crippen LogP contribution in [0.1, 0.15) is 0 Å². The third-order valence-electron chi connectivity index (χ3n) is 10.9. The second-order valence-electron chi connectivity index (χ2n) is 14.0. The molecule has 4 heterocycles. The first-order chi connectivity index (χ1) is 27.3. The Balaban J connectivity index is 1.03. The molecule has 0 saturated carbocycles. The fourth-order valence-corrected chi connectivity index (χ4v) is 8.40. The van der Waals surface area contributed by atoms with E-state index in [9.17, 15) is 0 Å². The van der Waals surface area contributed by atoms with Gasteiger partial charge in [-0.2, -0.15) is 0 Å². The average Bonchev–Trinajstić information content (AvgIpc) is 3.60. The topological polar surface area (TPSA) is 43.6 Å². The molecular formula is C51H32N4. The van der Waals surface area contributed by atoms with E-state index in [1.807, 2.05) is 12.4 Å². The Morgan fingerprint density at radius 2 is 0.927 bits per heavy atom. The first-order valence-corrected chi connectivity index (χ1v) is 18.6. The van der Waals surface area contributed by atoms with Crippen LogP contribution < -0.4 is 0 Å². The highest BCUT2D eigenvalue weighted by atomic mass is 15.1. The van der Waals surface area contributed by atoms with Gasteiger partial charge in [0.1, 0.15) is 5.82 Å². The third kappa shape index (κ3) is 5.11. The number of hydrogen-bond acceptors (Lipinski definition) is 3. The van der Waals surface area contributed by atoms with Gasteiger partial charge in [0.15, 0.2) is 0 Å². The van der Waals surface area contributed by atoms with Crippen LogP contribution in [0.25, 0.3) is 105 Å². The molecule has 4 heteroatoms. The van der Waals surface area contributed by atoms with Crippen LogP contribution in [-0.4, -0.2) is 19.5 Å². The molecule has 0 fully saturated rings. The zero-order chi connectivity index (χ0) is 36.3. The van der Waals surface area contributed by atoms with Crippen LogP contribution in [-0.2, 0) is 0 Å². The van der Waals surface area contributed by atoms with Crippen LogP contribution in [0.2, 0.25) is 0 Å². The first kappa shape index (κ1) is 31.1. The van der Waals surface area contributed by atoms with Crippen molar-refractivity contribution in [1.82, 2.24) is 19.5 Å². The van der Waals surface area contributed by atoms with Crippen molar-refractivity contribution < 1.29 is 0 Å². The van der Waals surface area contributed by atoms with Gasteiger partial charge in [-0.3, -0.25) is 9.55 Å². The number of para-hydroxylation sites is 1. The predicted molar refractivity (Wildman–Crippen MR) is 228 cm³/mol. The minimum absolute atomic E-state index is 0.867. The maximum absolute atomic E-state index is 5.39. The molecule has 0 atom stereocenters. The molecule has 7 aromatic carbocycles. The number of pyridine rings is 3. The standard InChI is InChI=1S/C51H32N4/c1-2-13-34-30-37(27-26-33(34)12-1)50-39-17-3-5-19-41(39)51(42-20-6-4-18-40(42)50)46-23-10-21-44(53-46)35-14-9-15-36(31-35)45-22-11-25-49(54-45)55-47-24-8-7-16-38(47)43-32-52-29-28-48(43)55/h1-32H. The fraction of sp³-hybridized carbons (Fsp3) is 0. The normalized spacial score (nSPS) is 11.6. The molecule has 4 nitrogen and oxygen atoms in total. The van der Waals surface area contributed by atoms with Gasteiger partial charge in [0.2, 0.25) is 0 Å². The summed E-state index contributed by atoms with van der Waals surface area (Å²) in [6.45, 7) is 0. The number of fused-ring (bicyclic) bond motifs is 6. The van der Waals surface area contributed by atoms with Gasteiger partial charge in [-0.05, 0) is 92.0 Å². The summed E-state index contributed by atoms with van der Waals surface area (Å²) in [5.74, 6) is 0.867. The van der Waals surface area contributed by atoms with Crippen molar-refractivity contribution in [3.8, 4) is 50.7 Å². The Hall–Kier alpha value is -7.43. The maximum Gasteiger partial charge on any atom is 0.138 e. The monoisotopic (exact) mass is 700 g/mol. The van der Waals surface area contributed by atoms with Crippen LogP contribution in [0.5, 0.6) is 0 Å². The lowest BCUT2D eigenvalue weighted by molar-refractivity contribution is 1.08. The minimum atomic E-state index is 0.867. The van der Waals surface area contributed by atoms with Crippen molar-refractivity contribution >= 4 is 54.1 Å². The highest BCUT2D eigenvalue weighted by molar-refractivity contribution is 6.21. The highest BCUT2D eigenvalue weighted by Gasteiger charge is 2.18. The molecule has 0 amide bonds. The zero-order valence-electron chi connectivity index (χ0n) is 29.8. The number of hydrogen-bond donors (Lipinski definition) is 0. The molecule has 0 unspecified atom stereocenters. The molecule has 0 aliphatic rings. The summed E-state index contributed by atoms with van der Waals surface area (Å²) in [5, 5.41) is 9.55. The van der Waals surface area contributed by atoms with Gasteiger partial charge in [-0.15, -0.1) is 0 Å². The predicted octanol–water partition coefficient (Wildman–Crippen LogP) is 13.1. The van der Waals surface area contributed by atoms with Crippen LogP contribution in [0.4, 0.5) is 0 Å². The number of benzene rings is 7. The van der Waals surface area contributed by atoms with Crippen molar-refractivity contribution in [3.63, 3.8) is 0 Å². The molecule has 4 aromatic heterocycles. The van der Waals surface area contributed by atoms with Gasteiger partial charge in [0.25, 0.3) is 0 Å². The van der Waals surface area contributed by atoms with Crippen LogP contribution in [0, 0.1) is 0 Å². The van der Waals surface area contributed by atoms with Crippen LogP contribution >= 0.6 is 0 Å². The first-order valence-electron chi connectivity index (χ1n) is 18.6. The zero-order valence-corrected chi connectivity index (χ0v) is 29.8. The summed E-state index contributed by atoms with van der Waals surface area (Å²) in [4.78, 5) is 15.0. The lowest BCUT2D eigenvalue weighted by Gasteiger charge is -2.18. The average molecular weight is 701 g/mol. The van der Waals surface area contributed by atoms with Crippen molar-refractivity contribution in [2.75, 3.05) is 0 Å². The maximum atomic E-state index is 5.39. The van der Waals surface area contributed by atoms with Crippen molar-refractivity contribution in [2.24, 2.45) is 0 Å². The number of rotatable bonds is 5. The Kier molecular flexibility index (Phi) is 7.14. The molecule has 0 aliphatic carbocycles. The third-order valence-corrected chi connectivity index (χ3v) is 10.9. The van der Waals surface area contributed by atoms with E-state index < -0.39 is 0 Å². The Bertz CT molecular complexity index is 3170. The van der Waals surface area contributed by atoms with E-state index in [0.29, 0.717) is 0 Å². The van der Waals surface area contributed by atoms with E-state index in [0.717, 1.165) is 61.4 Å². The van der Waals surface area contributed by atoms with Crippen LogP contribution in [0.3, 0.4) is 0 Å². The quantitative estimate of drug-likeness (QED) is 0.168. The number of nitrogens with zero attached hydrogens (tertiary/aromatic N) is 4. The molecule has 0 saturated heterocycles. The summed E-state index contributed by atoms with van der Waals surface area (Å²) in [7, 11) is 0. The molecular weight excluding hydrogens is 669 g/mol. The Labute approximate surface area is 317 Å². The minimum Gasteiger partial charge on any atom is -0.294 e. The molecule has 0 aliphatic heterocycles. The van der Waals surface area contributed by atoms with Gasteiger partial charge >= 0.3 is 0 Å².